The Hall–Kier alpha value is -3.32. The van der Waals surface area contributed by atoms with Crippen LogP contribution in [0.1, 0.15) is 52.6 Å². The molecule has 0 saturated carbocycles. The van der Waals surface area contributed by atoms with Gasteiger partial charge in [-0.25, -0.2) is 0 Å². The molecule has 0 fully saturated rings. The molecule has 0 spiro atoms. The average Bonchev–Trinajstić information content (AvgIpc) is 2.70. The normalized spacial score (nSPS) is 14.6. The lowest BCUT2D eigenvalue weighted by Gasteiger charge is -2.22. The lowest BCUT2D eigenvalue weighted by atomic mass is 9.84. The van der Waals surface area contributed by atoms with Crippen molar-refractivity contribution in [1.82, 2.24) is 5.32 Å². The number of amides is 2. The largest absolute Gasteiger partial charge is 0.349 e. The molecule has 0 heterocycles. The topological polar surface area (TPSA) is 96.8 Å². The summed E-state index contributed by atoms with van der Waals surface area (Å²) < 4.78 is 0. The Kier molecular flexibility index (Phi) is 6.12. The summed E-state index contributed by atoms with van der Waals surface area (Å²) in [6, 6.07) is 11.0. The third kappa shape index (κ3) is 4.31. The van der Waals surface area contributed by atoms with Crippen molar-refractivity contribution in [3.05, 3.63) is 64.7 Å². The van der Waals surface area contributed by atoms with Crippen LogP contribution in [0.15, 0.2) is 42.5 Å². The summed E-state index contributed by atoms with van der Waals surface area (Å²) >= 11 is 0. The minimum absolute atomic E-state index is 0.0373. The zero-order chi connectivity index (χ0) is 22.0. The van der Waals surface area contributed by atoms with Gasteiger partial charge in [0.25, 0.3) is 11.8 Å². The SMILES string of the molecule is CC(C)NC(=O)C[NH+](C)[C@@H](C)C(=O)Nc1ccc2c(c1)C(=O)c1ccccc1C2=O. The van der Waals surface area contributed by atoms with E-state index in [-0.39, 0.29) is 41.5 Å². The van der Waals surface area contributed by atoms with Crippen molar-refractivity contribution in [3.8, 4) is 0 Å². The van der Waals surface area contributed by atoms with Crippen LogP contribution in [0.2, 0.25) is 0 Å². The molecule has 0 radical (unpaired) electrons. The summed E-state index contributed by atoms with van der Waals surface area (Å²) in [4.78, 5) is 50.9. The number of benzene rings is 2. The Balaban J connectivity index is 1.74. The second kappa shape index (κ2) is 8.59. The van der Waals surface area contributed by atoms with E-state index in [0.717, 1.165) is 4.90 Å². The van der Waals surface area contributed by atoms with E-state index in [2.05, 4.69) is 10.6 Å². The first kappa shape index (κ1) is 21.4. The van der Waals surface area contributed by atoms with Gasteiger partial charge in [0, 0.05) is 34.0 Å². The maximum Gasteiger partial charge on any atom is 0.282 e. The zero-order valence-electron chi connectivity index (χ0n) is 17.5. The fourth-order valence-electron chi connectivity index (χ4n) is 3.43. The Morgan fingerprint density at radius 1 is 0.900 bits per heavy atom. The lowest BCUT2D eigenvalue weighted by molar-refractivity contribution is -0.885. The number of hydrogen-bond acceptors (Lipinski definition) is 4. The van der Waals surface area contributed by atoms with Crippen LogP contribution in [0.4, 0.5) is 5.69 Å². The molecule has 3 N–H and O–H groups in total. The minimum Gasteiger partial charge on any atom is -0.349 e. The fraction of sp³-hybridized carbons (Fsp3) is 0.304. The highest BCUT2D eigenvalue weighted by Crippen LogP contribution is 2.29. The highest BCUT2D eigenvalue weighted by molar-refractivity contribution is 6.28. The molecule has 0 aromatic heterocycles. The molecular weight excluding hydrogens is 382 g/mol. The molecular formula is C23H26N3O4+. The minimum atomic E-state index is -0.489. The van der Waals surface area contributed by atoms with E-state index in [1.165, 1.54) is 6.07 Å². The quantitative estimate of drug-likeness (QED) is 0.563. The third-order valence-electron chi connectivity index (χ3n) is 5.21. The van der Waals surface area contributed by atoms with Crippen molar-refractivity contribution in [3.63, 3.8) is 0 Å². The van der Waals surface area contributed by atoms with Crippen LogP contribution in [0, 0.1) is 0 Å². The summed E-state index contributed by atoms with van der Waals surface area (Å²) in [5.41, 5.74) is 1.81. The maximum atomic E-state index is 12.8. The Morgan fingerprint density at radius 3 is 2.07 bits per heavy atom. The molecule has 7 heteroatoms. The van der Waals surface area contributed by atoms with E-state index in [9.17, 15) is 19.2 Å². The van der Waals surface area contributed by atoms with E-state index in [0.29, 0.717) is 22.4 Å². The highest BCUT2D eigenvalue weighted by atomic mass is 16.2. The number of hydrogen-bond donors (Lipinski definition) is 3. The molecule has 0 saturated heterocycles. The molecule has 7 nitrogen and oxygen atoms in total. The van der Waals surface area contributed by atoms with Gasteiger partial charge in [0.1, 0.15) is 0 Å². The van der Waals surface area contributed by atoms with Crippen LogP contribution >= 0.6 is 0 Å². The summed E-state index contributed by atoms with van der Waals surface area (Å²) in [6.07, 6.45) is 0. The van der Waals surface area contributed by atoms with Gasteiger partial charge < -0.3 is 15.5 Å². The van der Waals surface area contributed by atoms with Crippen molar-refractivity contribution >= 4 is 29.1 Å². The molecule has 1 aliphatic carbocycles. The molecule has 0 bridgehead atoms. The van der Waals surface area contributed by atoms with Gasteiger partial charge in [-0.2, -0.15) is 0 Å². The first-order valence-corrected chi connectivity index (χ1v) is 9.94. The molecule has 2 amide bonds. The van der Waals surface area contributed by atoms with Crippen LogP contribution in [0.5, 0.6) is 0 Å². The van der Waals surface area contributed by atoms with Crippen LogP contribution < -0.4 is 15.5 Å². The Labute approximate surface area is 175 Å². The number of rotatable bonds is 6. The second-order valence-corrected chi connectivity index (χ2v) is 7.92. The number of carbonyl (C=O) groups is 4. The van der Waals surface area contributed by atoms with E-state index >= 15 is 0 Å². The van der Waals surface area contributed by atoms with E-state index < -0.39 is 6.04 Å². The zero-order valence-corrected chi connectivity index (χ0v) is 17.5. The van der Waals surface area contributed by atoms with Gasteiger partial charge in [0.05, 0.1) is 7.05 Å². The first-order chi connectivity index (χ1) is 14.2. The smallest absolute Gasteiger partial charge is 0.282 e. The van der Waals surface area contributed by atoms with Crippen LogP contribution in [-0.2, 0) is 9.59 Å². The van der Waals surface area contributed by atoms with Crippen LogP contribution in [-0.4, -0.2) is 49.1 Å². The van der Waals surface area contributed by atoms with Crippen LogP contribution in [0.3, 0.4) is 0 Å². The van der Waals surface area contributed by atoms with Crippen molar-refractivity contribution in [2.45, 2.75) is 32.9 Å². The highest BCUT2D eigenvalue weighted by Gasteiger charge is 2.30. The molecule has 30 heavy (non-hydrogen) atoms. The van der Waals surface area contributed by atoms with Gasteiger partial charge in [-0.1, -0.05) is 24.3 Å². The predicted octanol–water partition coefficient (Wildman–Crippen LogP) is 0.828. The third-order valence-corrected chi connectivity index (χ3v) is 5.21. The number of nitrogens with one attached hydrogen (secondary N) is 3. The summed E-state index contributed by atoms with van der Waals surface area (Å²) in [5.74, 6) is -0.845. The summed E-state index contributed by atoms with van der Waals surface area (Å²) in [6.45, 7) is 5.66. The van der Waals surface area contributed by atoms with Crippen molar-refractivity contribution < 1.29 is 24.1 Å². The van der Waals surface area contributed by atoms with Gasteiger partial charge in [-0.05, 0) is 39.0 Å². The van der Waals surface area contributed by atoms with E-state index in [1.807, 2.05) is 13.8 Å². The molecule has 1 unspecified atom stereocenters. The molecule has 0 aliphatic heterocycles. The first-order valence-electron chi connectivity index (χ1n) is 9.94. The number of anilines is 1. The lowest BCUT2D eigenvalue weighted by Crippen LogP contribution is -3.15. The van der Waals surface area contributed by atoms with Gasteiger partial charge >= 0.3 is 0 Å². The number of ketones is 2. The maximum absolute atomic E-state index is 12.8. The van der Waals surface area contributed by atoms with Crippen molar-refractivity contribution in [1.29, 1.82) is 0 Å². The molecule has 3 rings (SSSR count). The monoisotopic (exact) mass is 408 g/mol. The number of quaternary nitrogens is 1. The van der Waals surface area contributed by atoms with Gasteiger partial charge in [-0.3, -0.25) is 19.2 Å². The Bertz CT molecular complexity index is 1030. The van der Waals surface area contributed by atoms with Gasteiger partial charge in [0.15, 0.2) is 24.2 Å². The molecule has 2 atom stereocenters. The van der Waals surface area contributed by atoms with Crippen molar-refractivity contribution in [2.24, 2.45) is 0 Å². The molecule has 2 aromatic rings. The summed E-state index contributed by atoms with van der Waals surface area (Å²) in [5, 5.41) is 5.60. The standard InChI is InChI=1S/C23H25N3O4/c1-13(2)24-20(27)12-26(4)14(3)23(30)25-15-9-10-18-19(11-15)22(29)17-8-6-5-7-16(17)21(18)28/h5-11,13-14H,12H2,1-4H3,(H,24,27)(H,25,30)/p+1/t14-/m0/s1. The molecule has 156 valence electrons. The van der Waals surface area contributed by atoms with E-state index in [1.54, 1.807) is 50.4 Å². The Morgan fingerprint density at radius 2 is 1.47 bits per heavy atom. The molecule has 2 aromatic carbocycles. The fourth-order valence-corrected chi connectivity index (χ4v) is 3.43. The van der Waals surface area contributed by atoms with Crippen molar-refractivity contribution in [2.75, 3.05) is 18.9 Å². The number of fused-ring (bicyclic) bond motifs is 2. The average molecular weight is 408 g/mol. The molecule has 1 aliphatic rings. The van der Waals surface area contributed by atoms with Gasteiger partial charge in [0.2, 0.25) is 0 Å². The van der Waals surface area contributed by atoms with E-state index in [4.69, 9.17) is 0 Å². The predicted molar refractivity (Wildman–Crippen MR) is 113 cm³/mol. The summed E-state index contributed by atoms with van der Waals surface area (Å²) in [7, 11) is 1.77. The van der Waals surface area contributed by atoms with Crippen LogP contribution in [0.25, 0.3) is 0 Å². The second-order valence-electron chi connectivity index (χ2n) is 7.92. The number of likely N-dealkylation sites (N-methyl/N-ethyl adjacent to an activating group) is 1. The number of carbonyl (C=O) groups excluding carboxylic acids is 4. The van der Waals surface area contributed by atoms with Gasteiger partial charge in [-0.15, -0.1) is 0 Å².